The van der Waals surface area contributed by atoms with Crippen molar-refractivity contribution in [1.82, 2.24) is 10.1 Å². The van der Waals surface area contributed by atoms with Gasteiger partial charge in [-0.05, 0) is 18.5 Å². The minimum Gasteiger partial charge on any atom is -0.480 e. The Morgan fingerprint density at radius 1 is 1.61 bits per heavy atom. The molecule has 1 atom stereocenters. The predicted molar refractivity (Wildman–Crippen MR) is 61.5 cm³/mol. The van der Waals surface area contributed by atoms with Gasteiger partial charge in [0.25, 0.3) is 11.8 Å². The van der Waals surface area contributed by atoms with E-state index in [-0.39, 0.29) is 24.2 Å². The van der Waals surface area contributed by atoms with Crippen LogP contribution in [-0.4, -0.2) is 46.7 Å². The lowest BCUT2D eigenvalue weighted by atomic mass is 10.2. The molecule has 1 amide bonds. The summed E-state index contributed by atoms with van der Waals surface area (Å²) in [6, 6.07) is 1.13. The van der Waals surface area contributed by atoms with Crippen LogP contribution in [0.4, 0.5) is 0 Å². The number of amides is 1. The molecule has 0 aliphatic heterocycles. The number of carbonyl (C=O) groups is 2. The molecule has 0 aromatic carbocycles. The van der Waals surface area contributed by atoms with E-state index in [2.05, 4.69) is 5.16 Å². The van der Waals surface area contributed by atoms with Gasteiger partial charge in [0.05, 0.1) is 13.2 Å². The number of aliphatic carboxylic acids is 1. The van der Waals surface area contributed by atoms with E-state index < -0.39 is 11.9 Å². The Labute approximate surface area is 104 Å². The third-order valence-corrected chi connectivity index (χ3v) is 2.60. The van der Waals surface area contributed by atoms with Crippen LogP contribution >= 0.6 is 0 Å². The standard InChI is InChI=1S/C11H16N2O5/c1-4-7(2)13(6-10(14)15)11(16)8-5-9(17-3)12-18-8/h5,7H,4,6H2,1-3H3,(H,14,15). The number of carboxylic acid groups (broad SMARTS) is 1. The summed E-state index contributed by atoms with van der Waals surface area (Å²) >= 11 is 0. The minimum atomic E-state index is -1.07. The highest BCUT2D eigenvalue weighted by Crippen LogP contribution is 2.15. The van der Waals surface area contributed by atoms with Gasteiger partial charge in [0.1, 0.15) is 6.54 Å². The molecular weight excluding hydrogens is 240 g/mol. The van der Waals surface area contributed by atoms with Crippen molar-refractivity contribution in [2.24, 2.45) is 0 Å². The molecule has 0 aliphatic carbocycles. The van der Waals surface area contributed by atoms with E-state index in [0.717, 1.165) is 0 Å². The zero-order valence-corrected chi connectivity index (χ0v) is 10.5. The van der Waals surface area contributed by atoms with Crippen LogP contribution in [0.25, 0.3) is 0 Å². The molecule has 1 aromatic heterocycles. The maximum atomic E-state index is 12.1. The monoisotopic (exact) mass is 256 g/mol. The van der Waals surface area contributed by atoms with E-state index in [4.69, 9.17) is 14.4 Å². The summed E-state index contributed by atoms with van der Waals surface area (Å²) in [6.45, 7) is 3.26. The summed E-state index contributed by atoms with van der Waals surface area (Å²) in [4.78, 5) is 24.1. The van der Waals surface area contributed by atoms with Crippen molar-refractivity contribution in [2.45, 2.75) is 26.3 Å². The first-order valence-corrected chi connectivity index (χ1v) is 5.53. The fourth-order valence-electron chi connectivity index (χ4n) is 1.39. The van der Waals surface area contributed by atoms with Crippen LogP contribution in [0.5, 0.6) is 5.88 Å². The molecule has 0 aliphatic rings. The van der Waals surface area contributed by atoms with Crippen LogP contribution in [0, 0.1) is 0 Å². The molecule has 1 heterocycles. The number of nitrogens with zero attached hydrogens (tertiary/aromatic N) is 2. The lowest BCUT2D eigenvalue weighted by molar-refractivity contribution is -0.138. The first-order chi connectivity index (χ1) is 8.49. The Morgan fingerprint density at radius 2 is 2.28 bits per heavy atom. The van der Waals surface area contributed by atoms with E-state index in [1.807, 2.05) is 6.92 Å². The molecule has 100 valence electrons. The van der Waals surface area contributed by atoms with Gasteiger partial charge >= 0.3 is 5.97 Å². The largest absolute Gasteiger partial charge is 0.480 e. The fraction of sp³-hybridized carbons (Fsp3) is 0.545. The van der Waals surface area contributed by atoms with Crippen molar-refractivity contribution in [1.29, 1.82) is 0 Å². The van der Waals surface area contributed by atoms with Crippen molar-refractivity contribution in [3.63, 3.8) is 0 Å². The topological polar surface area (TPSA) is 92.9 Å². The van der Waals surface area contributed by atoms with Gasteiger partial charge in [0.15, 0.2) is 0 Å². The zero-order valence-electron chi connectivity index (χ0n) is 10.5. The molecule has 0 saturated heterocycles. The highest BCUT2D eigenvalue weighted by Gasteiger charge is 2.26. The number of aromatic nitrogens is 1. The van der Waals surface area contributed by atoms with E-state index in [1.165, 1.54) is 18.1 Å². The second kappa shape index (κ2) is 6.04. The number of ether oxygens (including phenoxy) is 1. The first-order valence-electron chi connectivity index (χ1n) is 5.53. The maximum absolute atomic E-state index is 12.1. The summed E-state index contributed by atoms with van der Waals surface area (Å²) in [6.07, 6.45) is 0.643. The molecule has 18 heavy (non-hydrogen) atoms. The van der Waals surface area contributed by atoms with E-state index in [0.29, 0.717) is 6.42 Å². The normalized spacial score (nSPS) is 11.9. The van der Waals surface area contributed by atoms with Crippen LogP contribution in [0.2, 0.25) is 0 Å². The van der Waals surface area contributed by atoms with Gasteiger partial charge < -0.3 is 19.3 Å². The van der Waals surface area contributed by atoms with E-state index in [1.54, 1.807) is 6.92 Å². The van der Waals surface area contributed by atoms with Crippen molar-refractivity contribution >= 4 is 11.9 Å². The number of methoxy groups -OCH3 is 1. The number of carboxylic acids is 1. The zero-order chi connectivity index (χ0) is 13.7. The van der Waals surface area contributed by atoms with E-state index in [9.17, 15) is 9.59 Å². The van der Waals surface area contributed by atoms with Crippen LogP contribution in [0.1, 0.15) is 30.8 Å². The second-order valence-electron chi connectivity index (χ2n) is 3.82. The van der Waals surface area contributed by atoms with Gasteiger partial charge in [-0.25, -0.2) is 0 Å². The Bertz CT molecular complexity index is 429. The molecule has 0 bridgehead atoms. The van der Waals surface area contributed by atoms with Crippen LogP contribution in [0.3, 0.4) is 0 Å². The number of rotatable bonds is 6. The number of carbonyl (C=O) groups excluding carboxylic acids is 1. The molecule has 1 N–H and O–H groups in total. The summed E-state index contributed by atoms with van der Waals surface area (Å²) in [5.41, 5.74) is 0. The van der Waals surface area contributed by atoms with E-state index >= 15 is 0 Å². The summed E-state index contributed by atoms with van der Waals surface area (Å²) in [5.74, 6) is -1.44. The van der Waals surface area contributed by atoms with Crippen molar-refractivity contribution < 1.29 is 24.0 Å². The Hall–Kier alpha value is -2.05. The summed E-state index contributed by atoms with van der Waals surface area (Å²) in [7, 11) is 1.40. The lowest BCUT2D eigenvalue weighted by Gasteiger charge is -2.25. The maximum Gasteiger partial charge on any atom is 0.323 e. The molecule has 1 aromatic rings. The predicted octanol–water partition coefficient (Wildman–Crippen LogP) is 1.01. The third-order valence-electron chi connectivity index (χ3n) is 2.60. The summed E-state index contributed by atoms with van der Waals surface area (Å²) in [5, 5.41) is 12.3. The Morgan fingerprint density at radius 3 is 2.72 bits per heavy atom. The molecule has 1 unspecified atom stereocenters. The van der Waals surface area contributed by atoms with Gasteiger partial charge in [-0.3, -0.25) is 9.59 Å². The number of hydrogen-bond acceptors (Lipinski definition) is 5. The summed E-state index contributed by atoms with van der Waals surface area (Å²) < 4.78 is 9.62. The molecule has 0 saturated carbocycles. The SMILES string of the molecule is CCC(C)N(CC(=O)O)C(=O)c1cc(OC)no1. The molecule has 0 fully saturated rings. The van der Waals surface area contributed by atoms with Gasteiger partial charge in [-0.1, -0.05) is 6.92 Å². The Kier molecular flexibility index (Phi) is 4.70. The molecule has 1 rings (SSSR count). The fourth-order valence-corrected chi connectivity index (χ4v) is 1.39. The lowest BCUT2D eigenvalue weighted by Crippen LogP contribution is -2.41. The quantitative estimate of drug-likeness (QED) is 0.816. The van der Waals surface area contributed by atoms with Gasteiger partial charge in [0, 0.05) is 6.04 Å². The molecule has 0 radical (unpaired) electrons. The van der Waals surface area contributed by atoms with Crippen molar-refractivity contribution in [3.8, 4) is 5.88 Å². The minimum absolute atomic E-state index is 0.0339. The second-order valence-corrected chi connectivity index (χ2v) is 3.82. The van der Waals surface area contributed by atoms with Crippen LogP contribution in [-0.2, 0) is 4.79 Å². The average Bonchev–Trinajstić information content (AvgIpc) is 2.82. The highest BCUT2D eigenvalue weighted by molar-refractivity contribution is 5.93. The third kappa shape index (κ3) is 3.22. The molecule has 7 nitrogen and oxygen atoms in total. The average molecular weight is 256 g/mol. The first kappa shape index (κ1) is 14.0. The van der Waals surface area contributed by atoms with Gasteiger partial charge in [-0.2, -0.15) is 0 Å². The van der Waals surface area contributed by atoms with Crippen LogP contribution < -0.4 is 4.74 Å². The van der Waals surface area contributed by atoms with Gasteiger partial charge in [-0.15, -0.1) is 0 Å². The van der Waals surface area contributed by atoms with Crippen molar-refractivity contribution in [2.75, 3.05) is 13.7 Å². The van der Waals surface area contributed by atoms with Crippen molar-refractivity contribution in [3.05, 3.63) is 11.8 Å². The number of hydrogen-bond donors (Lipinski definition) is 1. The van der Waals surface area contributed by atoms with Gasteiger partial charge in [0.2, 0.25) is 5.76 Å². The smallest absolute Gasteiger partial charge is 0.323 e. The molecule has 7 heteroatoms. The molecule has 0 spiro atoms. The van der Waals surface area contributed by atoms with Crippen LogP contribution in [0.15, 0.2) is 10.6 Å². The highest BCUT2D eigenvalue weighted by atomic mass is 16.5. The molecular formula is C11H16N2O5. The Balaban J connectivity index is 2.90.